The number of carbonyl (C=O) groups excluding carboxylic acids is 1. The molecule has 0 unspecified atom stereocenters. The number of hydrogen-bond donors (Lipinski definition) is 1. The Bertz CT molecular complexity index is 1380. The monoisotopic (exact) mass is 462 g/mol. The molecule has 1 aliphatic rings. The zero-order chi connectivity index (χ0) is 23.7. The summed E-state index contributed by atoms with van der Waals surface area (Å²) in [5.74, 6) is 0.174. The van der Waals surface area contributed by atoms with Crippen LogP contribution in [0.3, 0.4) is 0 Å². The normalized spacial score (nSPS) is 13.2. The summed E-state index contributed by atoms with van der Waals surface area (Å²) in [7, 11) is 0. The van der Waals surface area contributed by atoms with Crippen molar-refractivity contribution in [3.63, 3.8) is 0 Å². The molecule has 5 rings (SSSR count). The molecule has 0 aliphatic carbocycles. The molecule has 0 saturated heterocycles. The Labute approximate surface area is 192 Å². The average Bonchev–Trinajstić information content (AvgIpc) is 3.45. The number of anilines is 1. The number of benzene rings is 2. The molecule has 1 amide bonds. The van der Waals surface area contributed by atoms with Crippen molar-refractivity contribution >= 4 is 17.3 Å². The van der Waals surface area contributed by atoms with E-state index in [2.05, 4.69) is 25.6 Å². The summed E-state index contributed by atoms with van der Waals surface area (Å²) in [6.45, 7) is 0.776. The summed E-state index contributed by atoms with van der Waals surface area (Å²) < 4.78 is 17.8. The second-order valence-corrected chi connectivity index (χ2v) is 7.85. The second kappa shape index (κ2) is 8.81. The number of aryl methyl sites for hydroxylation is 1. The highest BCUT2D eigenvalue weighted by Crippen LogP contribution is 2.28. The van der Waals surface area contributed by atoms with Gasteiger partial charge in [0, 0.05) is 30.2 Å². The standard InChI is InChI=1S/C22H19FN8O3/c23-16-7-5-14(21-28-27-20-4-2-1-3-9-29(20)21)10-17(16)26-22(32)15-6-8-18(19(11-15)31(33)34)30-13-24-12-25-30/h5-8,10-13H,1-4,9H2,(H,26,32). The number of fused-ring (bicyclic) bond motifs is 1. The average molecular weight is 462 g/mol. The molecule has 4 aromatic rings. The number of halogens is 1. The van der Waals surface area contributed by atoms with E-state index < -0.39 is 16.6 Å². The number of nitro benzene ring substituents is 1. The lowest BCUT2D eigenvalue weighted by Gasteiger charge is -2.11. The molecule has 0 fully saturated rings. The van der Waals surface area contributed by atoms with Gasteiger partial charge in [0.1, 0.15) is 30.0 Å². The Morgan fingerprint density at radius 1 is 1.12 bits per heavy atom. The molecule has 0 bridgehead atoms. The van der Waals surface area contributed by atoms with E-state index in [1.807, 2.05) is 4.57 Å². The summed E-state index contributed by atoms with van der Waals surface area (Å²) in [6.07, 6.45) is 6.55. The smallest absolute Gasteiger partial charge is 0.295 e. The minimum absolute atomic E-state index is 0.00304. The van der Waals surface area contributed by atoms with Crippen LogP contribution in [0.1, 0.15) is 35.4 Å². The summed E-state index contributed by atoms with van der Waals surface area (Å²) in [4.78, 5) is 27.6. The fraction of sp³-hybridized carbons (Fsp3) is 0.227. The maximum absolute atomic E-state index is 14.6. The van der Waals surface area contributed by atoms with Gasteiger partial charge in [0.2, 0.25) is 0 Å². The minimum atomic E-state index is -0.690. The third-order valence-electron chi connectivity index (χ3n) is 5.68. The number of nitro groups is 1. The number of nitrogens with one attached hydrogen (secondary N) is 1. The number of nitrogens with zero attached hydrogens (tertiary/aromatic N) is 7. The van der Waals surface area contributed by atoms with Gasteiger partial charge in [-0.05, 0) is 43.2 Å². The van der Waals surface area contributed by atoms with Crippen molar-refractivity contribution in [1.82, 2.24) is 29.5 Å². The molecule has 11 nitrogen and oxygen atoms in total. The first kappa shape index (κ1) is 21.4. The lowest BCUT2D eigenvalue weighted by Crippen LogP contribution is -2.14. The van der Waals surface area contributed by atoms with Gasteiger partial charge < -0.3 is 9.88 Å². The van der Waals surface area contributed by atoms with Crippen LogP contribution < -0.4 is 5.32 Å². The van der Waals surface area contributed by atoms with Crippen LogP contribution in [0.25, 0.3) is 17.1 Å². The van der Waals surface area contributed by atoms with Crippen LogP contribution in [0.5, 0.6) is 0 Å². The first-order chi connectivity index (χ1) is 16.5. The number of carbonyl (C=O) groups is 1. The van der Waals surface area contributed by atoms with Crippen molar-refractivity contribution in [2.45, 2.75) is 32.2 Å². The van der Waals surface area contributed by atoms with E-state index in [-0.39, 0.29) is 22.6 Å². The maximum Gasteiger partial charge on any atom is 0.295 e. The predicted molar refractivity (Wildman–Crippen MR) is 119 cm³/mol. The molecular weight excluding hydrogens is 443 g/mol. The molecule has 1 aliphatic heterocycles. The third kappa shape index (κ3) is 4.00. The largest absolute Gasteiger partial charge is 0.319 e. The molecule has 2 aromatic heterocycles. The molecule has 0 spiro atoms. The SMILES string of the molecule is O=C(Nc1cc(-c2nnc3n2CCCCC3)ccc1F)c1ccc(-n2cncn2)c([N+](=O)[O-])c1. The van der Waals surface area contributed by atoms with Crippen molar-refractivity contribution in [1.29, 1.82) is 0 Å². The fourth-order valence-electron chi connectivity index (χ4n) is 3.99. The van der Waals surface area contributed by atoms with E-state index in [9.17, 15) is 19.3 Å². The fourth-order valence-corrected chi connectivity index (χ4v) is 3.99. The zero-order valence-electron chi connectivity index (χ0n) is 17.9. The lowest BCUT2D eigenvalue weighted by molar-refractivity contribution is -0.384. The van der Waals surface area contributed by atoms with Crippen LogP contribution in [-0.4, -0.2) is 40.4 Å². The van der Waals surface area contributed by atoms with E-state index in [1.54, 1.807) is 6.07 Å². The van der Waals surface area contributed by atoms with E-state index in [1.165, 1.54) is 41.6 Å². The predicted octanol–water partition coefficient (Wildman–Crippen LogP) is 3.55. The van der Waals surface area contributed by atoms with Gasteiger partial charge >= 0.3 is 0 Å². The molecule has 172 valence electrons. The third-order valence-corrected chi connectivity index (χ3v) is 5.68. The van der Waals surface area contributed by atoms with E-state index in [0.717, 1.165) is 44.1 Å². The van der Waals surface area contributed by atoms with Crippen LogP contribution in [0, 0.1) is 15.9 Å². The second-order valence-electron chi connectivity index (χ2n) is 7.85. The van der Waals surface area contributed by atoms with Crippen LogP contribution in [-0.2, 0) is 13.0 Å². The van der Waals surface area contributed by atoms with Crippen LogP contribution >= 0.6 is 0 Å². The Morgan fingerprint density at radius 2 is 2.00 bits per heavy atom. The highest BCUT2D eigenvalue weighted by Gasteiger charge is 2.21. The van der Waals surface area contributed by atoms with E-state index >= 15 is 0 Å². The Kier molecular flexibility index (Phi) is 5.54. The number of rotatable bonds is 5. The van der Waals surface area contributed by atoms with Gasteiger partial charge in [-0.15, -0.1) is 10.2 Å². The van der Waals surface area contributed by atoms with Crippen LogP contribution in [0.2, 0.25) is 0 Å². The molecule has 0 radical (unpaired) electrons. The van der Waals surface area contributed by atoms with E-state index in [4.69, 9.17) is 0 Å². The van der Waals surface area contributed by atoms with Gasteiger partial charge in [0.05, 0.1) is 10.6 Å². The Morgan fingerprint density at radius 3 is 2.79 bits per heavy atom. The van der Waals surface area contributed by atoms with Gasteiger partial charge in [-0.2, -0.15) is 5.10 Å². The van der Waals surface area contributed by atoms with Crippen molar-refractivity contribution in [2.75, 3.05) is 5.32 Å². The molecule has 2 aromatic carbocycles. The maximum atomic E-state index is 14.6. The quantitative estimate of drug-likeness (QED) is 0.354. The number of hydrogen-bond acceptors (Lipinski definition) is 7. The molecule has 1 N–H and O–H groups in total. The van der Waals surface area contributed by atoms with Gasteiger partial charge in [-0.1, -0.05) is 6.42 Å². The van der Waals surface area contributed by atoms with Crippen molar-refractivity contribution in [3.05, 3.63) is 76.4 Å². The van der Waals surface area contributed by atoms with Gasteiger partial charge in [-0.25, -0.2) is 14.1 Å². The molecule has 0 saturated carbocycles. The van der Waals surface area contributed by atoms with Crippen molar-refractivity contribution in [2.24, 2.45) is 0 Å². The summed E-state index contributed by atoms with van der Waals surface area (Å²) in [5, 5.41) is 26.5. The lowest BCUT2D eigenvalue weighted by atomic mass is 10.1. The molecule has 34 heavy (non-hydrogen) atoms. The first-order valence-corrected chi connectivity index (χ1v) is 10.7. The number of aromatic nitrogens is 6. The van der Waals surface area contributed by atoms with Crippen molar-refractivity contribution in [3.8, 4) is 17.1 Å². The highest BCUT2D eigenvalue weighted by molar-refractivity contribution is 6.05. The zero-order valence-corrected chi connectivity index (χ0v) is 17.9. The summed E-state index contributed by atoms with van der Waals surface area (Å²) in [5.41, 5.74) is 0.372. The Balaban J connectivity index is 1.44. The molecule has 0 atom stereocenters. The van der Waals surface area contributed by atoms with Gasteiger partial charge in [0.15, 0.2) is 5.82 Å². The van der Waals surface area contributed by atoms with Crippen LogP contribution in [0.15, 0.2) is 49.1 Å². The van der Waals surface area contributed by atoms with E-state index in [0.29, 0.717) is 11.4 Å². The topological polar surface area (TPSA) is 134 Å². The van der Waals surface area contributed by atoms with Gasteiger partial charge in [-0.3, -0.25) is 14.9 Å². The van der Waals surface area contributed by atoms with Crippen molar-refractivity contribution < 1.29 is 14.1 Å². The highest BCUT2D eigenvalue weighted by atomic mass is 19.1. The summed E-state index contributed by atoms with van der Waals surface area (Å²) in [6, 6.07) is 8.24. The Hall–Kier alpha value is -4.48. The molecular formula is C22H19FN8O3. The van der Waals surface area contributed by atoms with Crippen LogP contribution in [0.4, 0.5) is 15.8 Å². The molecule has 3 heterocycles. The number of amides is 1. The summed E-state index contributed by atoms with van der Waals surface area (Å²) >= 11 is 0. The first-order valence-electron chi connectivity index (χ1n) is 10.7. The minimum Gasteiger partial charge on any atom is -0.319 e. The van der Waals surface area contributed by atoms with Gasteiger partial charge in [0.25, 0.3) is 11.6 Å². The molecule has 12 heteroatoms.